The standard InChI is InChI=1S/C34H73O6P2/c1-5-9-13-15-17-19-21-23-25-27-29-31-36-41(40-42(35,38-33-11-7-3)39-34-12-8-4)37-32-30-28-26-24-22-20-18-16-14-10-6-2/h35H,5-34H2,1-4H3/q+1. The molecule has 0 saturated carbocycles. The average Bonchev–Trinajstić information content (AvgIpc) is 2.98. The van der Waals surface area contributed by atoms with Gasteiger partial charge in [-0.1, -0.05) is 173 Å². The first-order valence-corrected chi connectivity index (χ1v) is 20.9. The van der Waals surface area contributed by atoms with Crippen LogP contribution in [0.1, 0.15) is 195 Å². The summed E-state index contributed by atoms with van der Waals surface area (Å²) < 4.78 is 29.6. The van der Waals surface area contributed by atoms with Crippen LogP contribution in [0.15, 0.2) is 0 Å². The Balaban J connectivity index is 4.41. The molecule has 1 N–H and O–H groups in total. The molecule has 254 valence electrons. The highest BCUT2D eigenvalue weighted by molar-refractivity contribution is 7.63. The van der Waals surface area contributed by atoms with Crippen molar-refractivity contribution in [1.82, 2.24) is 0 Å². The smallest absolute Gasteiger partial charge is 0.310 e. The van der Waals surface area contributed by atoms with E-state index in [4.69, 9.17) is 22.4 Å². The van der Waals surface area contributed by atoms with Crippen LogP contribution in [0.5, 0.6) is 0 Å². The van der Waals surface area contributed by atoms with E-state index in [1.54, 1.807) is 0 Å². The highest BCUT2D eigenvalue weighted by atomic mass is 31.3. The lowest BCUT2D eigenvalue weighted by molar-refractivity contribution is 0.102. The molecule has 0 aliphatic rings. The van der Waals surface area contributed by atoms with Crippen molar-refractivity contribution in [2.45, 2.75) is 195 Å². The predicted molar refractivity (Wildman–Crippen MR) is 184 cm³/mol. The first-order chi connectivity index (χ1) is 20.6. The maximum Gasteiger partial charge on any atom is 0.580 e. The van der Waals surface area contributed by atoms with Gasteiger partial charge in [-0.05, 0) is 25.7 Å². The molecule has 0 unspecified atom stereocenters. The molecule has 0 aromatic carbocycles. The first kappa shape index (κ1) is 42.6. The summed E-state index contributed by atoms with van der Waals surface area (Å²) in [5.74, 6) is 0. The van der Waals surface area contributed by atoms with E-state index in [-0.39, 0.29) is 0 Å². The van der Waals surface area contributed by atoms with Crippen molar-refractivity contribution < 1.29 is 27.3 Å². The molecule has 0 fully saturated rings. The Bertz CT molecular complexity index is 476. The molecular formula is C34H73O6P2+. The van der Waals surface area contributed by atoms with E-state index < -0.39 is 16.8 Å². The third-order valence-electron chi connectivity index (χ3n) is 7.56. The van der Waals surface area contributed by atoms with Gasteiger partial charge in [-0.25, -0.2) is 0 Å². The predicted octanol–water partition coefficient (Wildman–Crippen LogP) is 13.2. The number of hydrogen-bond acceptors (Lipinski definition) is 6. The van der Waals surface area contributed by atoms with E-state index in [0.29, 0.717) is 26.4 Å². The molecule has 0 heterocycles. The molecule has 42 heavy (non-hydrogen) atoms. The summed E-state index contributed by atoms with van der Waals surface area (Å²) in [6, 6.07) is 0. The Morgan fingerprint density at radius 2 is 0.667 bits per heavy atom. The van der Waals surface area contributed by atoms with Crippen LogP contribution in [0.4, 0.5) is 0 Å². The third-order valence-corrected chi connectivity index (χ3v) is 10.7. The van der Waals surface area contributed by atoms with E-state index in [1.165, 1.54) is 116 Å². The van der Waals surface area contributed by atoms with E-state index in [9.17, 15) is 4.89 Å². The molecule has 0 spiro atoms. The van der Waals surface area contributed by atoms with Gasteiger partial charge < -0.3 is 9.05 Å². The van der Waals surface area contributed by atoms with Gasteiger partial charge in [0, 0.05) is 0 Å². The minimum Gasteiger partial charge on any atom is -0.310 e. The molecule has 0 rings (SSSR count). The van der Waals surface area contributed by atoms with Crippen LogP contribution in [0.3, 0.4) is 0 Å². The fraction of sp³-hybridized carbons (Fsp3) is 1.00. The monoisotopic (exact) mass is 639 g/mol. The topological polar surface area (TPSA) is 66.4 Å². The largest absolute Gasteiger partial charge is 0.580 e. The number of unbranched alkanes of at least 4 members (excludes halogenated alkanes) is 22. The highest BCUT2D eigenvalue weighted by Gasteiger charge is 2.49. The lowest BCUT2D eigenvalue weighted by Gasteiger charge is -2.20. The molecule has 0 saturated heterocycles. The summed E-state index contributed by atoms with van der Waals surface area (Å²) in [7, 11) is -5.19. The Labute approximate surface area is 264 Å². The van der Waals surface area contributed by atoms with E-state index >= 15 is 0 Å². The summed E-state index contributed by atoms with van der Waals surface area (Å²) in [5.41, 5.74) is 0. The van der Waals surface area contributed by atoms with E-state index in [1.807, 2.05) is 0 Å². The van der Waals surface area contributed by atoms with Crippen molar-refractivity contribution in [3.05, 3.63) is 0 Å². The minimum atomic E-state index is -3.48. The Hall–Kier alpha value is 0.620. The molecule has 8 heteroatoms. The van der Waals surface area contributed by atoms with Gasteiger partial charge >= 0.3 is 16.8 Å². The van der Waals surface area contributed by atoms with E-state index in [2.05, 4.69) is 27.7 Å². The summed E-state index contributed by atoms with van der Waals surface area (Å²) in [5, 5.41) is 0. The van der Waals surface area contributed by atoms with Gasteiger partial charge in [0.25, 0.3) is 0 Å². The Morgan fingerprint density at radius 3 is 0.976 bits per heavy atom. The van der Waals surface area contributed by atoms with Gasteiger partial charge in [0.1, 0.15) is 13.2 Å². The van der Waals surface area contributed by atoms with E-state index in [0.717, 1.165) is 51.4 Å². The maximum atomic E-state index is 11.1. The molecule has 6 nitrogen and oxygen atoms in total. The second-order valence-corrected chi connectivity index (χ2v) is 15.0. The zero-order chi connectivity index (χ0) is 30.8. The van der Waals surface area contributed by atoms with Crippen LogP contribution in [0.25, 0.3) is 0 Å². The van der Waals surface area contributed by atoms with Gasteiger partial charge in [-0.2, -0.15) is 13.9 Å². The van der Waals surface area contributed by atoms with Gasteiger partial charge in [0.2, 0.25) is 0 Å². The molecule has 0 aliphatic carbocycles. The van der Waals surface area contributed by atoms with Gasteiger partial charge in [-0.15, -0.1) is 0 Å². The van der Waals surface area contributed by atoms with Crippen molar-refractivity contribution in [3.63, 3.8) is 0 Å². The van der Waals surface area contributed by atoms with Crippen molar-refractivity contribution >= 4 is 16.8 Å². The van der Waals surface area contributed by atoms with Crippen molar-refractivity contribution in [2.75, 3.05) is 26.4 Å². The Kier molecular flexibility index (Phi) is 35.0. The third kappa shape index (κ3) is 30.6. The van der Waals surface area contributed by atoms with Crippen molar-refractivity contribution in [3.8, 4) is 0 Å². The molecule has 0 atom stereocenters. The van der Waals surface area contributed by atoms with Crippen molar-refractivity contribution in [1.29, 1.82) is 0 Å². The van der Waals surface area contributed by atoms with Crippen LogP contribution < -0.4 is 0 Å². The van der Waals surface area contributed by atoms with Crippen LogP contribution in [0.2, 0.25) is 0 Å². The molecule has 0 aliphatic heterocycles. The van der Waals surface area contributed by atoms with Gasteiger partial charge in [-0.3, -0.25) is 0 Å². The summed E-state index contributed by atoms with van der Waals surface area (Å²) >= 11 is 0. The second kappa shape index (κ2) is 34.5. The SMILES string of the molecule is CCCCCCCCCCCCCOP(OCCCCCCCCCCCCC)O[P+](O)(OCCCC)OCCCC. The lowest BCUT2D eigenvalue weighted by Crippen LogP contribution is -2.09. The van der Waals surface area contributed by atoms with Crippen LogP contribution in [-0.4, -0.2) is 31.3 Å². The van der Waals surface area contributed by atoms with Crippen LogP contribution in [-0.2, 0) is 22.4 Å². The summed E-state index contributed by atoms with van der Waals surface area (Å²) in [4.78, 5) is 11.1. The first-order valence-electron chi connectivity index (χ1n) is 18.3. The molecule has 0 aromatic rings. The maximum absolute atomic E-state index is 11.1. The van der Waals surface area contributed by atoms with Crippen molar-refractivity contribution in [2.24, 2.45) is 0 Å². The normalized spacial score (nSPS) is 12.1. The Morgan fingerprint density at radius 1 is 0.381 bits per heavy atom. The highest BCUT2D eigenvalue weighted by Crippen LogP contribution is 2.67. The molecule has 0 aromatic heterocycles. The van der Waals surface area contributed by atoms with Crippen LogP contribution >= 0.6 is 16.8 Å². The van der Waals surface area contributed by atoms with Crippen LogP contribution in [0, 0.1) is 0 Å². The lowest BCUT2D eigenvalue weighted by atomic mass is 10.1. The molecular weight excluding hydrogens is 566 g/mol. The molecule has 0 radical (unpaired) electrons. The fourth-order valence-electron chi connectivity index (χ4n) is 4.71. The number of hydrogen-bond donors (Lipinski definition) is 1. The molecule has 0 bridgehead atoms. The zero-order valence-corrected chi connectivity index (χ0v) is 30.4. The zero-order valence-electron chi connectivity index (χ0n) is 28.6. The fourth-order valence-corrected chi connectivity index (χ4v) is 7.57. The number of rotatable bonds is 36. The minimum absolute atomic E-state index is 0.410. The quantitative estimate of drug-likeness (QED) is 0.0543. The van der Waals surface area contributed by atoms with Gasteiger partial charge in [0.05, 0.1) is 13.2 Å². The summed E-state index contributed by atoms with van der Waals surface area (Å²) in [6.07, 6.45) is 32.1. The summed E-state index contributed by atoms with van der Waals surface area (Å²) in [6.45, 7) is 10.7. The second-order valence-electron chi connectivity index (χ2n) is 11.9. The average molecular weight is 640 g/mol. The molecule has 0 amide bonds. The van der Waals surface area contributed by atoms with Gasteiger partial charge in [0.15, 0.2) is 0 Å².